The predicted molar refractivity (Wildman–Crippen MR) is 254 cm³/mol. The number of aliphatic hydroxyl groups excluding tert-OH is 1. The number of methoxy groups -OCH3 is 2. The Bertz CT molecular complexity index is 1910. The summed E-state index contributed by atoms with van der Waals surface area (Å²) in [5.41, 5.74) is 0.566. The Hall–Kier alpha value is -4.50. The summed E-state index contributed by atoms with van der Waals surface area (Å²) >= 11 is 0. The highest BCUT2D eigenvalue weighted by Crippen LogP contribution is 2.40. The lowest BCUT2D eigenvalue weighted by Crippen LogP contribution is -2.56. The molecule has 1 aliphatic heterocycles. The van der Waals surface area contributed by atoms with E-state index in [-0.39, 0.29) is 48.9 Å². The number of aromatic nitrogens is 1. The number of likely N-dealkylation sites (N-methyl/N-ethyl adjacent to an activating group) is 2. The molecule has 0 spiro atoms. The molecule has 3 N–H and O–H groups in total. The number of amides is 5. The SMILES string of the molecule is CCC(C)C(C(CC(=O)N1CCCC1C(OC)C(C)C(=O)NC(C)C(O)c1ccccc1)OC)N(C)C(=O)CNC(=O)C(C(C)C)N(C)C(=O)OCC(C)(C)SSc1ccc([N+](=O)[O-])cn1. The van der Waals surface area contributed by atoms with Crippen molar-refractivity contribution in [2.45, 2.75) is 133 Å². The maximum Gasteiger partial charge on any atom is 0.410 e. The zero-order chi connectivity index (χ0) is 49.5. The Morgan fingerprint density at radius 1 is 1.00 bits per heavy atom. The summed E-state index contributed by atoms with van der Waals surface area (Å²) in [6.45, 7) is 14.8. The minimum Gasteiger partial charge on any atom is -0.448 e. The summed E-state index contributed by atoms with van der Waals surface area (Å²) in [6.07, 6.45) is 0.145. The Kier molecular flexibility index (Phi) is 22.1. The van der Waals surface area contributed by atoms with Crippen LogP contribution in [0.5, 0.6) is 0 Å². The van der Waals surface area contributed by atoms with Crippen molar-refractivity contribution in [3.63, 3.8) is 0 Å². The standard InChI is InChI=1S/C46H71N7O11S2/c1-13-29(4)40(35(62-11)24-37(54)52-23-17-20-34(52)42(63-12)30(5)43(57)49-31(6)41(56)32-18-15-14-16-19-32)50(9)38(55)26-48-44(58)39(28(2)3)51(10)45(59)64-27-46(7,8)66-65-36-22-21-33(25-47-36)53(60)61/h14-16,18-19,21-22,25,28-31,34-35,39-42,56H,13,17,20,23-24,26-27H2,1-12H3,(H,48,58)(H,49,57). The van der Waals surface area contributed by atoms with Crippen LogP contribution in [0.2, 0.25) is 0 Å². The van der Waals surface area contributed by atoms with E-state index in [1.165, 1.54) is 64.9 Å². The molecule has 9 atom stereocenters. The third-order valence-corrected chi connectivity index (χ3v) is 15.3. The fourth-order valence-corrected chi connectivity index (χ4v) is 10.2. The Morgan fingerprint density at radius 3 is 2.23 bits per heavy atom. The smallest absolute Gasteiger partial charge is 0.410 e. The largest absolute Gasteiger partial charge is 0.448 e. The normalized spacial score (nSPS) is 17.7. The lowest BCUT2D eigenvalue weighted by atomic mass is 9.90. The van der Waals surface area contributed by atoms with E-state index in [1.54, 1.807) is 57.8 Å². The molecular weight excluding hydrogens is 891 g/mol. The van der Waals surface area contributed by atoms with Gasteiger partial charge in [0.25, 0.3) is 5.69 Å². The first kappa shape index (κ1) is 55.8. The number of benzene rings is 1. The maximum absolute atomic E-state index is 14.2. The molecule has 1 saturated heterocycles. The molecule has 368 valence electrons. The number of nitro groups is 1. The molecule has 9 unspecified atom stereocenters. The van der Waals surface area contributed by atoms with Crippen LogP contribution >= 0.6 is 21.6 Å². The summed E-state index contributed by atoms with van der Waals surface area (Å²) in [5.74, 6) is -2.58. The molecule has 0 aliphatic carbocycles. The van der Waals surface area contributed by atoms with Gasteiger partial charge in [-0.15, -0.1) is 0 Å². The third-order valence-electron chi connectivity index (χ3n) is 12.1. The number of carbonyl (C=O) groups is 5. The number of likely N-dealkylation sites (tertiary alicyclic amines) is 1. The van der Waals surface area contributed by atoms with Crippen LogP contribution in [0.15, 0.2) is 53.7 Å². The minimum atomic E-state index is -0.970. The van der Waals surface area contributed by atoms with Crippen molar-refractivity contribution in [2.75, 3.05) is 48.0 Å². The molecule has 18 nitrogen and oxygen atoms in total. The number of hydrogen-bond donors (Lipinski definition) is 3. The van der Waals surface area contributed by atoms with Gasteiger partial charge in [0.05, 0.1) is 65.0 Å². The van der Waals surface area contributed by atoms with Crippen LogP contribution in [0.4, 0.5) is 10.5 Å². The number of nitrogens with one attached hydrogen (secondary N) is 2. The number of hydrogen-bond acceptors (Lipinski definition) is 14. The summed E-state index contributed by atoms with van der Waals surface area (Å²) in [7, 11) is 8.76. The Balaban J connectivity index is 1.62. The lowest BCUT2D eigenvalue weighted by Gasteiger charge is -2.39. The van der Waals surface area contributed by atoms with Crippen LogP contribution < -0.4 is 10.6 Å². The molecule has 20 heteroatoms. The average Bonchev–Trinajstić information content (AvgIpc) is 3.78. The first-order valence-corrected chi connectivity index (χ1v) is 24.5. The quantitative estimate of drug-likeness (QED) is 0.0601. The van der Waals surface area contributed by atoms with Crippen molar-refractivity contribution in [1.82, 2.24) is 30.3 Å². The monoisotopic (exact) mass is 961 g/mol. The topological polar surface area (TPSA) is 223 Å². The lowest BCUT2D eigenvalue weighted by molar-refractivity contribution is -0.385. The van der Waals surface area contributed by atoms with E-state index in [4.69, 9.17) is 14.2 Å². The number of carbonyl (C=O) groups excluding carboxylic acids is 5. The van der Waals surface area contributed by atoms with Gasteiger partial charge in [-0.3, -0.25) is 34.2 Å². The number of pyridine rings is 1. The van der Waals surface area contributed by atoms with Crippen LogP contribution in [0, 0.1) is 27.9 Å². The van der Waals surface area contributed by atoms with Gasteiger partial charge < -0.3 is 39.8 Å². The van der Waals surface area contributed by atoms with E-state index < -0.39 is 76.0 Å². The van der Waals surface area contributed by atoms with Gasteiger partial charge in [0.2, 0.25) is 23.6 Å². The number of aliphatic hydroxyl groups is 1. The van der Waals surface area contributed by atoms with E-state index in [2.05, 4.69) is 15.6 Å². The van der Waals surface area contributed by atoms with Crippen molar-refractivity contribution in [2.24, 2.45) is 17.8 Å². The molecule has 3 rings (SSSR count). The van der Waals surface area contributed by atoms with Crippen LogP contribution in [0.1, 0.15) is 92.7 Å². The fourth-order valence-electron chi connectivity index (χ4n) is 8.18. The van der Waals surface area contributed by atoms with Gasteiger partial charge in [0, 0.05) is 40.9 Å². The summed E-state index contributed by atoms with van der Waals surface area (Å²) in [4.78, 5) is 87.5. The molecule has 5 amide bonds. The summed E-state index contributed by atoms with van der Waals surface area (Å²) < 4.78 is 16.9. The van der Waals surface area contributed by atoms with E-state index in [9.17, 15) is 39.2 Å². The second-order valence-electron chi connectivity index (χ2n) is 17.9. The van der Waals surface area contributed by atoms with Crippen molar-refractivity contribution >= 4 is 57.0 Å². The minimum absolute atomic E-state index is 0.0148. The molecule has 0 saturated carbocycles. The third kappa shape index (κ3) is 15.5. The van der Waals surface area contributed by atoms with E-state index in [0.717, 1.165) is 0 Å². The predicted octanol–water partition coefficient (Wildman–Crippen LogP) is 5.88. The van der Waals surface area contributed by atoms with Gasteiger partial charge >= 0.3 is 6.09 Å². The molecule has 0 radical (unpaired) electrons. The molecule has 1 fully saturated rings. The molecule has 1 aliphatic rings. The highest BCUT2D eigenvalue weighted by atomic mass is 33.1. The van der Waals surface area contributed by atoms with Crippen LogP contribution in [0.25, 0.3) is 0 Å². The zero-order valence-electron chi connectivity index (χ0n) is 40.4. The number of rotatable bonds is 25. The van der Waals surface area contributed by atoms with E-state index in [0.29, 0.717) is 36.4 Å². The van der Waals surface area contributed by atoms with Gasteiger partial charge in [0.15, 0.2) is 0 Å². The first-order chi connectivity index (χ1) is 31.1. The highest BCUT2D eigenvalue weighted by molar-refractivity contribution is 8.77. The maximum atomic E-state index is 14.2. The van der Waals surface area contributed by atoms with Crippen LogP contribution in [0.3, 0.4) is 0 Å². The van der Waals surface area contributed by atoms with Crippen molar-refractivity contribution in [1.29, 1.82) is 0 Å². The number of nitrogens with zero attached hydrogens (tertiary/aromatic N) is 5. The average molecular weight is 962 g/mol. The molecule has 2 heterocycles. The summed E-state index contributed by atoms with van der Waals surface area (Å²) in [5, 5.41) is 28.0. The van der Waals surface area contributed by atoms with Gasteiger partial charge in [-0.2, -0.15) is 0 Å². The second-order valence-corrected chi connectivity index (χ2v) is 20.8. The first-order valence-electron chi connectivity index (χ1n) is 22.4. The second kappa shape index (κ2) is 26.2. The molecule has 66 heavy (non-hydrogen) atoms. The van der Waals surface area contributed by atoms with Gasteiger partial charge in [-0.1, -0.05) is 82.2 Å². The highest BCUT2D eigenvalue weighted by Gasteiger charge is 2.42. The summed E-state index contributed by atoms with van der Waals surface area (Å²) in [6, 6.07) is 9.50. The zero-order valence-corrected chi connectivity index (χ0v) is 42.1. The van der Waals surface area contributed by atoms with Crippen molar-refractivity contribution in [3.8, 4) is 0 Å². The van der Waals surface area contributed by atoms with E-state index >= 15 is 0 Å². The molecule has 2 aromatic rings. The van der Waals surface area contributed by atoms with Crippen molar-refractivity contribution < 1.29 is 48.2 Å². The van der Waals surface area contributed by atoms with Crippen molar-refractivity contribution in [3.05, 3.63) is 64.3 Å². The van der Waals surface area contributed by atoms with Gasteiger partial charge in [0.1, 0.15) is 23.9 Å². The van der Waals surface area contributed by atoms with Gasteiger partial charge in [-0.25, -0.2) is 9.78 Å². The number of ether oxygens (including phenoxy) is 3. The molecule has 1 aromatic carbocycles. The molecular formula is C46H71N7O11S2. The Labute approximate surface area is 397 Å². The van der Waals surface area contributed by atoms with Crippen LogP contribution in [-0.4, -0.2) is 149 Å². The van der Waals surface area contributed by atoms with Crippen LogP contribution in [-0.2, 0) is 33.4 Å². The molecule has 0 bridgehead atoms. The Morgan fingerprint density at radius 2 is 1.67 bits per heavy atom. The fraction of sp³-hybridized carbons (Fsp3) is 0.652. The van der Waals surface area contributed by atoms with E-state index in [1.807, 2.05) is 45.9 Å². The molecule has 1 aromatic heterocycles. The van der Waals surface area contributed by atoms with Gasteiger partial charge in [-0.05, 0) is 67.9 Å².